The summed E-state index contributed by atoms with van der Waals surface area (Å²) >= 11 is 0. The molecule has 0 bridgehead atoms. The van der Waals surface area contributed by atoms with E-state index in [1.54, 1.807) is 0 Å². The van der Waals surface area contributed by atoms with Crippen LogP contribution >= 0.6 is 0 Å². The third-order valence-corrected chi connectivity index (χ3v) is 7.38. The Hall–Kier alpha value is -2.30. The van der Waals surface area contributed by atoms with Crippen molar-refractivity contribution < 1.29 is 18.9 Å². The van der Waals surface area contributed by atoms with Gasteiger partial charge in [-0.1, -0.05) is 57.2 Å². The molecule has 176 valence electrons. The normalized spacial score (nSPS) is 26.2. The van der Waals surface area contributed by atoms with Crippen molar-refractivity contribution in [2.75, 3.05) is 26.4 Å². The van der Waals surface area contributed by atoms with Crippen LogP contribution in [0.5, 0.6) is 11.5 Å². The summed E-state index contributed by atoms with van der Waals surface area (Å²) in [7, 11) is 0. The van der Waals surface area contributed by atoms with E-state index >= 15 is 0 Å². The molecule has 4 unspecified atom stereocenters. The maximum atomic E-state index is 6.15. The lowest BCUT2D eigenvalue weighted by Gasteiger charge is -2.29. The minimum Gasteiger partial charge on any atom is -0.491 e. The third kappa shape index (κ3) is 5.62. The summed E-state index contributed by atoms with van der Waals surface area (Å²) in [4.78, 5) is 0. The first-order valence-electron chi connectivity index (χ1n) is 12.4. The van der Waals surface area contributed by atoms with Crippen molar-refractivity contribution in [2.24, 2.45) is 0 Å². The van der Waals surface area contributed by atoms with Gasteiger partial charge in [-0.3, -0.25) is 0 Å². The van der Waals surface area contributed by atoms with E-state index in [0.29, 0.717) is 31.2 Å². The van der Waals surface area contributed by atoms with Crippen molar-refractivity contribution in [3.8, 4) is 11.5 Å². The fourth-order valence-corrected chi connectivity index (χ4v) is 4.51. The second kappa shape index (κ2) is 9.52. The van der Waals surface area contributed by atoms with E-state index in [0.717, 1.165) is 44.0 Å². The van der Waals surface area contributed by atoms with Gasteiger partial charge in [0.25, 0.3) is 0 Å². The molecule has 3 aliphatic rings. The molecule has 4 heteroatoms. The van der Waals surface area contributed by atoms with Crippen LogP contribution in [0.3, 0.4) is 0 Å². The first-order valence-corrected chi connectivity index (χ1v) is 12.4. The second-order valence-corrected chi connectivity index (χ2v) is 10.3. The van der Waals surface area contributed by atoms with Gasteiger partial charge in [-0.15, -0.1) is 0 Å². The molecule has 0 radical (unpaired) electrons. The minimum absolute atomic E-state index is 0.0755. The summed E-state index contributed by atoms with van der Waals surface area (Å²) in [5, 5.41) is 0. The van der Waals surface area contributed by atoms with Crippen LogP contribution < -0.4 is 9.47 Å². The SMILES string of the molecule is CCC(C)(C)c1cc(C2C=CC(c3ccc(OCC4CO4)cc3)CC2)ccc1OCC1CO1. The van der Waals surface area contributed by atoms with Crippen molar-refractivity contribution in [1.29, 1.82) is 0 Å². The number of allylic oxidation sites excluding steroid dienone is 2. The Morgan fingerprint density at radius 3 is 1.97 bits per heavy atom. The predicted octanol–water partition coefficient (Wildman–Crippen LogP) is 6.15. The molecule has 4 nitrogen and oxygen atoms in total. The van der Waals surface area contributed by atoms with Gasteiger partial charge in [0, 0.05) is 17.4 Å². The molecule has 2 saturated heterocycles. The number of rotatable bonds is 10. The van der Waals surface area contributed by atoms with E-state index in [2.05, 4.69) is 75.4 Å². The van der Waals surface area contributed by atoms with Crippen molar-refractivity contribution in [2.45, 2.75) is 69.5 Å². The first-order chi connectivity index (χ1) is 16.0. The molecule has 1 aliphatic carbocycles. The van der Waals surface area contributed by atoms with Gasteiger partial charge >= 0.3 is 0 Å². The Balaban J connectivity index is 1.26. The summed E-state index contributed by atoms with van der Waals surface area (Å²) in [5.41, 5.74) is 4.14. The highest BCUT2D eigenvalue weighted by Crippen LogP contribution is 2.40. The average Bonchev–Trinajstić information content (AvgIpc) is 3.77. The summed E-state index contributed by atoms with van der Waals surface area (Å²) in [6, 6.07) is 15.4. The van der Waals surface area contributed by atoms with E-state index in [1.165, 1.54) is 16.7 Å². The van der Waals surface area contributed by atoms with Crippen LogP contribution in [0.4, 0.5) is 0 Å². The van der Waals surface area contributed by atoms with E-state index in [-0.39, 0.29) is 11.5 Å². The van der Waals surface area contributed by atoms with Crippen LogP contribution in [0.2, 0.25) is 0 Å². The molecule has 0 amide bonds. The van der Waals surface area contributed by atoms with Crippen LogP contribution in [-0.2, 0) is 14.9 Å². The van der Waals surface area contributed by atoms with Crippen LogP contribution in [0.1, 0.15) is 68.6 Å². The molecule has 4 atom stereocenters. The molecule has 33 heavy (non-hydrogen) atoms. The molecule has 2 heterocycles. The van der Waals surface area contributed by atoms with Crippen molar-refractivity contribution in [1.82, 2.24) is 0 Å². The second-order valence-electron chi connectivity index (χ2n) is 10.3. The topological polar surface area (TPSA) is 43.5 Å². The minimum atomic E-state index is 0.0755. The molecular formula is C29H36O4. The van der Waals surface area contributed by atoms with E-state index < -0.39 is 0 Å². The van der Waals surface area contributed by atoms with Crippen LogP contribution in [0.25, 0.3) is 0 Å². The number of ether oxygens (including phenoxy) is 4. The number of epoxide rings is 2. The van der Waals surface area contributed by atoms with Gasteiger partial charge in [-0.2, -0.15) is 0 Å². The van der Waals surface area contributed by atoms with Gasteiger partial charge < -0.3 is 18.9 Å². The Morgan fingerprint density at radius 1 is 0.818 bits per heavy atom. The number of hydrogen-bond donors (Lipinski definition) is 0. The summed E-state index contributed by atoms with van der Waals surface area (Å²) in [6.07, 6.45) is 8.73. The summed E-state index contributed by atoms with van der Waals surface area (Å²) < 4.78 is 22.5. The zero-order valence-corrected chi connectivity index (χ0v) is 20.1. The standard InChI is InChI=1S/C29H36O4/c1-4-29(2,3)27-15-23(11-14-28(27)33-19-26-18-32-26)22-7-5-20(6-8-22)21-9-12-24(13-10-21)30-16-25-17-31-25/h5,7,9-15,20,22,25-26H,4,6,8,16-19H2,1-3H3. The zero-order chi connectivity index (χ0) is 22.8. The van der Waals surface area contributed by atoms with E-state index in [1.807, 2.05) is 0 Å². The van der Waals surface area contributed by atoms with Gasteiger partial charge in [-0.05, 0) is 54.0 Å². The fraction of sp³-hybridized carbons (Fsp3) is 0.517. The third-order valence-electron chi connectivity index (χ3n) is 7.38. The van der Waals surface area contributed by atoms with Gasteiger partial charge in [0.1, 0.15) is 36.9 Å². The highest BCUT2D eigenvalue weighted by atomic mass is 16.6. The summed E-state index contributed by atoms with van der Waals surface area (Å²) in [5.74, 6) is 2.85. The van der Waals surface area contributed by atoms with Gasteiger partial charge in [-0.25, -0.2) is 0 Å². The predicted molar refractivity (Wildman–Crippen MR) is 131 cm³/mol. The Morgan fingerprint density at radius 2 is 1.39 bits per heavy atom. The highest BCUT2D eigenvalue weighted by molar-refractivity contribution is 5.44. The molecule has 0 N–H and O–H groups in total. The van der Waals surface area contributed by atoms with Crippen LogP contribution in [-0.4, -0.2) is 38.6 Å². The lowest BCUT2D eigenvalue weighted by atomic mass is 9.77. The molecule has 5 rings (SSSR count). The molecule has 2 aromatic carbocycles. The molecule has 0 spiro atoms. The van der Waals surface area contributed by atoms with E-state index in [9.17, 15) is 0 Å². The number of hydrogen-bond acceptors (Lipinski definition) is 4. The summed E-state index contributed by atoms with van der Waals surface area (Å²) in [6.45, 7) is 9.82. The molecule has 0 aromatic heterocycles. The molecule has 2 fully saturated rings. The molecule has 2 aliphatic heterocycles. The van der Waals surface area contributed by atoms with Gasteiger partial charge in [0.05, 0.1) is 13.2 Å². The smallest absolute Gasteiger partial charge is 0.123 e. The van der Waals surface area contributed by atoms with Crippen molar-refractivity contribution in [3.63, 3.8) is 0 Å². The monoisotopic (exact) mass is 448 g/mol. The molecular weight excluding hydrogens is 412 g/mol. The molecule has 2 aromatic rings. The highest BCUT2D eigenvalue weighted by Gasteiger charge is 2.28. The fourth-order valence-electron chi connectivity index (χ4n) is 4.51. The van der Waals surface area contributed by atoms with Crippen LogP contribution in [0, 0.1) is 0 Å². The maximum Gasteiger partial charge on any atom is 0.123 e. The first kappa shape index (κ1) is 22.5. The van der Waals surface area contributed by atoms with E-state index in [4.69, 9.17) is 18.9 Å². The quantitative estimate of drug-likeness (QED) is 0.323. The lowest BCUT2D eigenvalue weighted by molar-refractivity contribution is 0.257. The zero-order valence-electron chi connectivity index (χ0n) is 20.1. The van der Waals surface area contributed by atoms with Crippen molar-refractivity contribution in [3.05, 3.63) is 71.3 Å². The molecule has 0 saturated carbocycles. The average molecular weight is 449 g/mol. The Kier molecular flexibility index (Phi) is 6.49. The number of benzene rings is 2. The van der Waals surface area contributed by atoms with Gasteiger partial charge in [0.2, 0.25) is 0 Å². The van der Waals surface area contributed by atoms with Gasteiger partial charge in [0.15, 0.2) is 0 Å². The lowest BCUT2D eigenvalue weighted by Crippen LogP contribution is -2.19. The van der Waals surface area contributed by atoms with Crippen LogP contribution in [0.15, 0.2) is 54.6 Å². The Bertz CT molecular complexity index is 970. The van der Waals surface area contributed by atoms with Crippen molar-refractivity contribution >= 4 is 0 Å². The largest absolute Gasteiger partial charge is 0.491 e. The maximum absolute atomic E-state index is 6.15. The Labute approximate surface area is 197 Å².